The zero-order valence-corrected chi connectivity index (χ0v) is 17.7. The molecular weight excluding hydrogens is 433 g/mol. The Morgan fingerprint density at radius 3 is 2.72 bits per heavy atom. The van der Waals surface area contributed by atoms with Gasteiger partial charge in [0.05, 0.1) is 9.77 Å². The Bertz CT molecular complexity index is 1210. The molecule has 0 saturated heterocycles. The Balaban J connectivity index is 1.52. The van der Waals surface area contributed by atoms with Crippen LogP contribution in [0.2, 0.25) is 0 Å². The lowest BCUT2D eigenvalue weighted by molar-refractivity contribution is 0.433. The number of hydrogen-bond acceptors (Lipinski definition) is 7. The Kier molecular flexibility index (Phi) is 5.59. The predicted molar refractivity (Wildman–Crippen MR) is 111 cm³/mol. The summed E-state index contributed by atoms with van der Waals surface area (Å²) in [4.78, 5) is 6.82. The van der Waals surface area contributed by atoms with Gasteiger partial charge in [-0.15, -0.1) is 22.7 Å². The molecule has 0 amide bonds. The molecule has 1 N–H and O–H groups in total. The highest BCUT2D eigenvalue weighted by atomic mass is 32.2. The second-order valence-electron chi connectivity index (χ2n) is 6.19. The first-order valence-corrected chi connectivity index (χ1v) is 11.8. The first-order chi connectivity index (χ1) is 13.9. The van der Waals surface area contributed by atoms with Crippen molar-refractivity contribution >= 4 is 32.7 Å². The van der Waals surface area contributed by atoms with Gasteiger partial charge in [-0.05, 0) is 55.1 Å². The SMILES string of the molecule is Cc1sc(-c2nc(-c3ccc(F)cc3)no2)cc1S(=O)(=O)NCCc1cccs1. The third-order valence-electron chi connectivity index (χ3n) is 4.14. The maximum absolute atomic E-state index is 13.1. The second kappa shape index (κ2) is 8.15. The van der Waals surface area contributed by atoms with Gasteiger partial charge in [0.1, 0.15) is 5.82 Å². The van der Waals surface area contributed by atoms with Gasteiger partial charge in [-0.1, -0.05) is 11.2 Å². The maximum atomic E-state index is 13.1. The fourth-order valence-electron chi connectivity index (χ4n) is 2.72. The van der Waals surface area contributed by atoms with Gasteiger partial charge < -0.3 is 4.52 Å². The van der Waals surface area contributed by atoms with Crippen molar-refractivity contribution < 1.29 is 17.3 Å². The molecule has 4 rings (SSSR count). The average Bonchev–Trinajstić information content (AvgIpc) is 3.42. The zero-order valence-electron chi connectivity index (χ0n) is 15.3. The minimum absolute atomic E-state index is 0.199. The summed E-state index contributed by atoms with van der Waals surface area (Å²) in [5.41, 5.74) is 0.609. The molecule has 4 aromatic rings. The zero-order chi connectivity index (χ0) is 20.4. The molecule has 0 spiro atoms. The molecule has 0 bridgehead atoms. The van der Waals surface area contributed by atoms with Gasteiger partial charge in [0.2, 0.25) is 15.8 Å². The van der Waals surface area contributed by atoms with E-state index in [0.29, 0.717) is 34.1 Å². The maximum Gasteiger partial charge on any atom is 0.268 e. The molecule has 0 aliphatic heterocycles. The summed E-state index contributed by atoms with van der Waals surface area (Å²) in [6, 6.07) is 11.2. The van der Waals surface area contributed by atoms with E-state index in [0.717, 1.165) is 4.88 Å². The van der Waals surface area contributed by atoms with Crippen LogP contribution in [0, 0.1) is 12.7 Å². The Morgan fingerprint density at radius 2 is 2.00 bits per heavy atom. The van der Waals surface area contributed by atoms with Gasteiger partial charge >= 0.3 is 0 Å². The number of aromatic nitrogens is 2. The van der Waals surface area contributed by atoms with Crippen molar-refractivity contribution in [2.75, 3.05) is 6.54 Å². The fraction of sp³-hybridized carbons (Fsp3) is 0.158. The van der Waals surface area contributed by atoms with Gasteiger partial charge in [0, 0.05) is 21.9 Å². The van der Waals surface area contributed by atoms with E-state index >= 15 is 0 Å². The van der Waals surface area contributed by atoms with E-state index < -0.39 is 10.0 Å². The summed E-state index contributed by atoms with van der Waals surface area (Å²) in [5, 5.41) is 5.87. The molecular formula is C19H16FN3O3S3. The van der Waals surface area contributed by atoms with Crippen LogP contribution in [0.3, 0.4) is 0 Å². The highest BCUT2D eigenvalue weighted by Crippen LogP contribution is 2.33. The standard InChI is InChI=1S/C19H16FN3O3S3/c1-12-17(29(24,25)21-9-8-15-3-2-10-27-15)11-16(28-12)19-22-18(23-26-19)13-4-6-14(20)7-5-13/h2-7,10-11,21H,8-9H2,1H3. The second-order valence-corrected chi connectivity index (χ2v) is 10.2. The van der Waals surface area contributed by atoms with Crippen LogP contribution in [0.5, 0.6) is 0 Å². The molecule has 0 fully saturated rings. The van der Waals surface area contributed by atoms with E-state index in [-0.39, 0.29) is 16.6 Å². The highest BCUT2D eigenvalue weighted by molar-refractivity contribution is 7.89. The van der Waals surface area contributed by atoms with Crippen LogP contribution >= 0.6 is 22.7 Å². The van der Waals surface area contributed by atoms with Crippen molar-refractivity contribution in [1.82, 2.24) is 14.9 Å². The van der Waals surface area contributed by atoms with Gasteiger partial charge in [-0.25, -0.2) is 17.5 Å². The molecule has 0 aliphatic rings. The average molecular weight is 450 g/mol. The molecule has 1 aromatic carbocycles. The molecule has 6 nitrogen and oxygen atoms in total. The largest absolute Gasteiger partial charge is 0.333 e. The first-order valence-electron chi connectivity index (χ1n) is 8.65. The number of aryl methyl sites for hydroxylation is 1. The van der Waals surface area contributed by atoms with Crippen LogP contribution in [0.15, 0.2) is 57.3 Å². The van der Waals surface area contributed by atoms with Gasteiger partial charge in [-0.2, -0.15) is 4.98 Å². The summed E-state index contributed by atoms with van der Waals surface area (Å²) in [7, 11) is -3.65. The number of halogens is 1. The molecule has 150 valence electrons. The lowest BCUT2D eigenvalue weighted by Crippen LogP contribution is -2.25. The quantitative estimate of drug-likeness (QED) is 0.449. The number of sulfonamides is 1. The van der Waals surface area contributed by atoms with Crippen LogP contribution in [0.1, 0.15) is 9.75 Å². The molecule has 10 heteroatoms. The predicted octanol–water partition coefficient (Wildman–Crippen LogP) is 4.50. The normalized spacial score (nSPS) is 11.8. The van der Waals surface area contributed by atoms with Crippen molar-refractivity contribution in [1.29, 1.82) is 0 Å². The number of nitrogens with zero attached hydrogens (tertiary/aromatic N) is 2. The summed E-state index contributed by atoms with van der Waals surface area (Å²) in [5.74, 6) is 0.176. The summed E-state index contributed by atoms with van der Waals surface area (Å²) < 4.78 is 46.4. The van der Waals surface area contributed by atoms with Crippen molar-refractivity contribution in [3.63, 3.8) is 0 Å². The topological polar surface area (TPSA) is 85.1 Å². The molecule has 0 atom stereocenters. The van der Waals surface area contributed by atoms with Gasteiger partial charge in [-0.3, -0.25) is 0 Å². The molecule has 3 heterocycles. The Labute approximate surface area is 175 Å². The molecule has 0 unspecified atom stereocenters. The molecule has 0 aliphatic carbocycles. The van der Waals surface area contributed by atoms with E-state index in [2.05, 4.69) is 14.9 Å². The van der Waals surface area contributed by atoms with E-state index in [4.69, 9.17) is 4.52 Å². The Hall–Kier alpha value is -2.40. The third kappa shape index (κ3) is 4.45. The number of rotatable bonds is 7. The minimum atomic E-state index is -3.65. The van der Waals surface area contributed by atoms with Crippen molar-refractivity contribution in [2.45, 2.75) is 18.2 Å². The monoisotopic (exact) mass is 449 g/mol. The number of benzene rings is 1. The summed E-state index contributed by atoms with van der Waals surface area (Å²) in [6.45, 7) is 2.06. The summed E-state index contributed by atoms with van der Waals surface area (Å²) in [6.07, 6.45) is 0.637. The third-order valence-corrected chi connectivity index (χ3v) is 7.84. The summed E-state index contributed by atoms with van der Waals surface area (Å²) >= 11 is 2.86. The molecule has 3 aromatic heterocycles. The van der Waals surface area contributed by atoms with Crippen LogP contribution < -0.4 is 4.72 Å². The molecule has 29 heavy (non-hydrogen) atoms. The lowest BCUT2D eigenvalue weighted by atomic mass is 10.2. The van der Waals surface area contributed by atoms with Crippen molar-refractivity contribution in [3.05, 3.63) is 63.4 Å². The lowest BCUT2D eigenvalue weighted by Gasteiger charge is -2.05. The number of hydrogen-bond donors (Lipinski definition) is 1. The number of nitrogens with one attached hydrogen (secondary N) is 1. The van der Waals surface area contributed by atoms with E-state index in [1.165, 1.54) is 29.5 Å². The van der Waals surface area contributed by atoms with Gasteiger partial charge in [0.15, 0.2) is 0 Å². The highest BCUT2D eigenvalue weighted by Gasteiger charge is 2.22. The molecule has 0 radical (unpaired) electrons. The minimum Gasteiger partial charge on any atom is -0.333 e. The van der Waals surface area contributed by atoms with Crippen LogP contribution in [-0.4, -0.2) is 25.1 Å². The van der Waals surface area contributed by atoms with Crippen LogP contribution in [0.4, 0.5) is 4.39 Å². The van der Waals surface area contributed by atoms with E-state index in [9.17, 15) is 12.8 Å². The van der Waals surface area contributed by atoms with E-state index in [1.54, 1.807) is 30.4 Å². The molecule has 0 saturated carbocycles. The van der Waals surface area contributed by atoms with Crippen molar-refractivity contribution in [3.8, 4) is 22.2 Å². The number of thiophene rings is 2. The van der Waals surface area contributed by atoms with Crippen LogP contribution in [-0.2, 0) is 16.4 Å². The van der Waals surface area contributed by atoms with Gasteiger partial charge in [0.25, 0.3) is 5.89 Å². The smallest absolute Gasteiger partial charge is 0.268 e. The first kappa shape index (κ1) is 19.9. The fourth-order valence-corrected chi connectivity index (χ4v) is 5.97. The van der Waals surface area contributed by atoms with Crippen LogP contribution in [0.25, 0.3) is 22.2 Å². The van der Waals surface area contributed by atoms with Crippen molar-refractivity contribution in [2.24, 2.45) is 0 Å². The van der Waals surface area contributed by atoms with E-state index in [1.807, 2.05) is 17.5 Å². The Morgan fingerprint density at radius 1 is 1.21 bits per heavy atom.